The highest BCUT2D eigenvalue weighted by atomic mass is 35.5. The van der Waals surface area contributed by atoms with E-state index in [1.807, 2.05) is 0 Å². The van der Waals surface area contributed by atoms with Crippen molar-refractivity contribution in [3.63, 3.8) is 0 Å². The fraction of sp³-hybridized carbons (Fsp3) is 0.111. The topological polar surface area (TPSA) is 127 Å². The number of benzene rings is 2. The van der Waals surface area contributed by atoms with Crippen molar-refractivity contribution in [2.45, 2.75) is 13.8 Å². The molecular weight excluding hydrogens is 543 g/mol. The molecule has 4 aromatic rings. The average Bonchev–Trinajstić information content (AvgIpc) is 3.11. The molecule has 8 nitrogen and oxygen atoms in total. The first-order chi connectivity index (χ1) is 14.7. The predicted octanol–water partition coefficient (Wildman–Crippen LogP) is 6.07. The quantitative estimate of drug-likeness (QED) is 0.284. The highest BCUT2D eigenvalue weighted by molar-refractivity contribution is 7.81. The minimum Gasteiger partial charge on any atom is -0.360 e. The van der Waals surface area contributed by atoms with E-state index in [0.29, 0.717) is 36.0 Å². The number of hydrogen-bond acceptors (Lipinski definition) is 8. The van der Waals surface area contributed by atoms with Gasteiger partial charge in [0, 0.05) is 30.2 Å². The molecular formula is C18H12Cl2O8S4. The molecule has 2 aromatic heterocycles. The molecule has 0 fully saturated rings. The molecule has 0 saturated heterocycles. The Hall–Kier alpha value is -1.64. The van der Waals surface area contributed by atoms with E-state index in [2.05, 4.69) is 0 Å². The van der Waals surface area contributed by atoms with E-state index in [1.165, 1.54) is 6.07 Å². The van der Waals surface area contributed by atoms with E-state index >= 15 is 0 Å². The Morgan fingerprint density at radius 2 is 1.31 bits per heavy atom. The summed E-state index contributed by atoms with van der Waals surface area (Å²) < 4.78 is 76.1. The smallest absolute Gasteiger partial charge is 0.360 e. The average molecular weight is 555 g/mol. The zero-order valence-electron chi connectivity index (χ0n) is 16.0. The maximum Gasteiger partial charge on any atom is 0.446 e. The van der Waals surface area contributed by atoms with Crippen LogP contribution < -0.4 is 8.37 Å². The van der Waals surface area contributed by atoms with Crippen LogP contribution in [0.1, 0.15) is 11.1 Å². The van der Waals surface area contributed by atoms with Gasteiger partial charge in [-0.3, -0.25) is 9.11 Å². The standard InChI is InChI=1S/C18H12Cl2O8S4/c1-7-3-10(20)6-12-13(7)15(28-32(24,25)26)18(29-12)17-14(27-31(21,22)23)11-5-9(19)4-8(2)16(11)30-17/h3-6H,1-2H3,(H,21,22,23)(H,24,25,26). The number of aryl methyl sites for hydroxylation is 2. The van der Waals surface area contributed by atoms with E-state index in [-0.39, 0.29) is 26.6 Å². The van der Waals surface area contributed by atoms with Gasteiger partial charge in [0.1, 0.15) is 0 Å². The molecule has 0 spiro atoms. The van der Waals surface area contributed by atoms with Crippen molar-refractivity contribution in [2.24, 2.45) is 0 Å². The van der Waals surface area contributed by atoms with Crippen LogP contribution in [0.2, 0.25) is 10.0 Å². The molecule has 2 N–H and O–H groups in total. The molecule has 32 heavy (non-hydrogen) atoms. The first-order valence-electron chi connectivity index (χ1n) is 8.53. The molecule has 0 saturated carbocycles. The fourth-order valence-electron chi connectivity index (χ4n) is 3.33. The summed E-state index contributed by atoms with van der Waals surface area (Å²) >= 11 is 14.4. The molecule has 0 bridgehead atoms. The largest absolute Gasteiger partial charge is 0.446 e. The number of thiophene rings is 2. The third kappa shape index (κ3) is 4.54. The maximum absolute atomic E-state index is 11.6. The number of halogens is 2. The third-order valence-corrected chi connectivity index (χ3v) is 8.18. The molecule has 0 unspecified atom stereocenters. The Bertz CT molecular complexity index is 1620. The van der Waals surface area contributed by atoms with Crippen LogP contribution in [0, 0.1) is 13.8 Å². The van der Waals surface area contributed by atoms with Crippen molar-refractivity contribution >= 4 is 86.8 Å². The summed E-state index contributed by atoms with van der Waals surface area (Å²) in [6.45, 7) is 3.42. The van der Waals surface area contributed by atoms with Crippen LogP contribution in [0.25, 0.3) is 29.9 Å². The number of hydrogen-bond donors (Lipinski definition) is 2. The van der Waals surface area contributed by atoms with Gasteiger partial charge in [-0.05, 0) is 49.2 Å². The van der Waals surface area contributed by atoms with Gasteiger partial charge in [0.15, 0.2) is 11.5 Å². The highest BCUT2D eigenvalue weighted by Gasteiger charge is 2.29. The van der Waals surface area contributed by atoms with Crippen molar-refractivity contribution in [1.29, 1.82) is 0 Å². The third-order valence-electron chi connectivity index (χ3n) is 4.39. The molecule has 0 aliphatic rings. The normalized spacial score (nSPS) is 12.6. The molecule has 2 heterocycles. The van der Waals surface area contributed by atoms with Crippen LogP contribution in [0.5, 0.6) is 11.5 Å². The van der Waals surface area contributed by atoms with Gasteiger partial charge in [-0.1, -0.05) is 23.2 Å². The second-order valence-corrected chi connectivity index (χ2v) is 11.7. The van der Waals surface area contributed by atoms with E-state index in [1.54, 1.807) is 32.0 Å². The van der Waals surface area contributed by atoms with E-state index in [0.717, 1.165) is 22.7 Å². The van der Waals surface area contributed by atoms with Crippen molar-refractivity contribution in [3.8, 4) is 21.3 Å². The molecule has 4 rings (SSSR count). The van der Waals surface area contributed by atoms with Gasteiger partial charge in [0.25, 0.3) is 0 Å². The zero-order valence-corrected chi connectivity index (χ0v) is 20.8. The number of fused-ring (bicyclic) bond motifs is 2. The second kappa shape index (κ2) is 7.99. The lowest BCUT2D eigenvalue weighted by Crippen LogP contribution is -2.08. The van der Waals surface area contributed by atoms with Gasteiger partial charge in [0.05, 0.1) is 9.75 Å². The molecule has 0 atom stereocenters. The lowest BCUT2D eigenvalue weighted by Gasteiger charge is -2.07. The lowest BCUT2D eigenvalue weighted by molar-refractivity contribution is 0.385. The Balaban J connectivity index is 2.16. The summed E-state index contributed by atoms with van der Waals surface area (Å²) in [5.41, 5.74) is 1.26. The molecule has 14 heteroatoms. The summed E-state index contributed by atoms with van der Waals surface area (Å²) in [6, 6.07) is 6.28. The minimum atomic E-state index is -4.95. The molecule has 0 aliphatic carbocycles. The van der Waals surface area contributed by atoms with Gasteiger partial charge in [-0.15, -0.1) is 22.7 Å². The molecule has 2 aromatic carbocycles. The second-order valence-electron chi connectivity index (χ2n) is 6.74. The first kappa shape index (κ1) is 23.5. The van der Waals surface area contributed by atoms with E-state index in [4.69, 9.17) is 31.6 Å². The Morgan fingerprint density at radius 1 is 0.781 bits per heavy atom. The van der Waals surface area contributed by atoms with Crippen molar-refractivity contribution < 1.29 is 34.3 Å². The molecule has 170 valence electrons. The van der Waals surface area contributed by atoms with E-state index < -0.39 is 20.8 Å². The summed E-state index contributed by atoms with van der Waals surface area (Å²) in [5.74, 6) is -0.481. The van der Waals surface area contributed by atoms with Crippen LogP contribution in [-0.2, 0) is 20.8 Å². The maximum atomic E-state index is 11.6. The van der Waals surface area contributed by atoms with Crippen molar-refractivity contribution in [2.75, 3.05) is 0 Å². The van der Waals surface area contributed by atoms with Crippen LogP contribution in [0.15, 0.2) is 24.3 Å². The zero-order chi connectivity index (χ0) is 23.6. The molecule has 0 amide bonds. The minimum absolute atomic E-state index is 0.151. The highest BCUT2D eigenvalue weighted by Crippen LogP contribution is 2.55. The SMILES string of the molecule is Cc1cc(Cl)cc2c(OS(=O)(=O)O)c(-c3sc4cc(Cl)cc(C)c4c3OS(=O)(=O)O)sc12. The Morgan fingerprint density at radius 3 is 1.94 bits per heavy atom. The summed E-state index contributed by atoms with van der Waals surface area (Å²) in [7, 11) is -9.89. The van der Waals surface area contributed by atoms with Gasteiger partial charge in [-0.2, -0.15) is 16.8 Å². The first-order valence-corrected chi connectivity index (χ1v) is 13.6. The van der Waals surface area contributed by atoms with Gasteiger partial charge >= 0.3 is 20.8 Å². The number of rotatable bonds is 5. The van der Waals surface area contributed by atoms with Crippen LogP contribution in [0.4, 0.5) is 0 Å². The summed E-state index contributed by atoms with van der Waals surface area (Å²) in [6.07, 6.45) is 0. The fourth-order valence-corrected chi connectivity index (χ4v) is 7.36. The Labute approximate surface area is 200 Å². The summed E-state index contributed by atoms with van der Waals surface area (Å²) in [5, 5.41) is 1.33. The molecule has 0 aliphatic heterocycles. The van der Waals surface area contributed by atoms with Crippen LogP contribution in [-0.4, -0.2) is 25.9 Å². The van der Waals surface area contributed by atoms with Gasteiger partial charge in [-0.25, -0.2) is 0 Å². The molecule has 0 radical (unpaired) electrons. The van der Waals surface area contributed by atoms with Crippen molar-refractivity contribution in [3.05, 3.63) is 45.4 Å². The van der Waals surface area contributed by atoms with Crippen LogP contribution in [0.3, 0.4) is 0 Å². The monoisotopic (exact) mass is 554 g/mol. The van der Waals surface area contributed by atoms with Crippen molar-refractivity contribution in [1.82, 2.24) is 0 Å². The summed E-state index contributed by atoms with van der Waals surface area (Å²) in [4.78, 5) is 0.303. The van der Waals surface area contributed by atoms with Gasteiger partial charge < -0.3 is 8.37 Å². The van der Waals surface area contributed by atoms with E-state index in [9.17, 15) is 25.9 Å². The predicted molar refractivity (Wildman–Crippen MR) is 126 cm³/mol. The van der Waals surface area contributed by atoms with Gasteiger partial charge in [0.2, 0.25) is 0 Å². The van der Waals surface area contributed by atoms with Crippen LogP contribution >= 0.6 is 45.9 Å². The Kier molecular flexibility index (Phi) is 5.87. The lowest BCUT2D eigenvalue weighted by atomic mass is 10.1.